The molecule has 0 aromatic heterocycles. The van der Waals surface area contributed by atoms with Gasteiger partial charge in [-0.3, -0.25) is 0 Å². The van der Waals surface area contributed by atoms with Gasteiger partial charge < -0.3 is 9.84 Å². The smallest absolute Gasteiger partial charge is 0.180 e. The van der Waals surface area contributed by atoms with Crippen molar-refractivity contribution >= 4 is 0 Å². The van der Waals surface area contributed by atoms with Crippen molar-refractivity contribution in [2.45, 2.75) is 5.60 Å². The number of hydrogen-bond acceptors (Lipinski definition) is 2. The van der Waals surface area contributed by atoms with Crippen LogP contribution >= 0.6 is 0 Å². The Labute approximate surface area is 144 Å². The molecular weight excluding hydrogens is 322 g/mol. The molecule has 3 rings (SSSR count). The molecule has 0 saturated heterocycles. The van der Waals surface area contributed by atoms with E-state index in [1.807, 2.05) is 6.07 Å². The van der Waals surface area contributed by atoms with Gasteiger partial charge in [0.15, 0.2) is 5.60 Å². The number of halogens is 2. The minimum absolute atomic E-state index is 0.352. The van der Waals surface area contributed by atoms with Gasteiger partial charge in [-0.15, -0.1) is 0 Å². The molecule has 0 heterocycles. The number of aliphatic hydroxyl groups is 1. The topological polar surface area (TPSA) is 29.5 Å². The average molecular weight is 336 g/mol. The predicted octanol–water partition coefficient (Wildman–Crippen LogP) is 4.24. The lowest BCUT2D eigenvalue weighted by molar-refractivity contribution is 0.144. The van der Waals surface area contributed by atoms with Crippen molar-refractivity contribution in [1.29, 1.82) is 0 Å². The lowest BCUT2D eigenvalue weighted by Crippen LogP contribution is -2.25. The normalized spacial score (nSPS) is 10.7. The Morgan fingerprint density at radius 3 is 1.68 bits per heavy atom. The summed E-state index contributed by atoms with van der Waals surface area (Å²) in [4.78, 5) is 0. The average Bonchev–Trinajstić information content (AvgIpc) is 2.63. The van der Waals surface area contributed by atoms with Crippen LogP contribution in [0.4, 0.5) is 8.78 Å². The molecule has 0 aliphatic carbocycles. The van der Waals surface area contributed by atoms with E-state index in [2.05, 4.69) is 12.0 Å². The number of hydrogen-bond donors (Lipinski definition) is 1. The van der Waals surface area contributed by atoms with Crippen LogP contribution < -0.4 is 4.74 Å². The monoisotopic (exact) mass is 336 g/mol. The van der Waals surface area contributed by atoms with Gasteiger partial charge in [0.2, 0.25) is 0 Å². The first-order chi connectivity index (χ1) is 12.1. The van der Waals surface area contributed by atoms with Crippen molar-refractivity contribution < 1.29 is 18.6 Å². The largest absolute Gasteiger partial charge is 0.407 e. The van der Waals surface area contributed by atoms with Crippen LogP contribution in [-0.2, 0) is 5.60 Å². The molecule has 0 atom stereocenters. The maximum atomic E-state index is 13.2. The van der Waals surface area contributed by atoms with E-state index in [1.54, 1.807) is 24.3 Å². The highest BCUT2D eigenvalue weighted by Crippen LogP contribution is 2.29. The van der Waals surface area contributed by atoms with E-state index in [-0.39, 0.29) is 0 Å². The molecule has 0 aliphatic rings. The summed E-state index contributed by atoms with van der Waals surface area (Å²) in [6.45, 7) is 0. The fraction of sp³-hybridized carbons (Fsp3) is 0.0476. The first kappa shape index (κ1) is 16.7. The summed E-state index contributed by atoms with van der Waals surface area (Å²) in [5.41, 5.74) is -1.06. The first-order valence-electron chi connectivity index (χ1n) is 7.56. The van der Waals surface area contributed by atoms with E-state index in [9.17, 15) is 13.9 Å². The Bertz CT molecular complexity index is 847. The van der Waals surface area contributed by atoms with Crippen LogP contribution in [0, 0.1) is 23.7 Å². The molecule has 0 fully saturated rings. The van der Waals surface area contributed by atoms with E-state index in [4.69, 9.17) is 4.74 Å². The summed E-state index contributed by atoms with van der Waals surface area (Å²) in [6, 6.07) is 19.5. The Morgan fingerprint density at radius 1 is 0.720 bits per heavy atom. The summed E-state index contributed by atoms with van der Waals surface area (Å²) >= 11 is 0. The zero-order valence-corrected chi connectivity index (χ0v) is 13.1. The molecule has 0 amide bonds. The van der Waals surface area contributed by atoms with E-state index >= 15 is 0 Å². The van der Waals surface area contributed by atoms with Crippen molar-refractivity contribution in [2.24, 2.45) is 0 Å². The van der Waals surface area contributed by atoms with E-state index in [0.29, 0.717) is 16.9 Å². The fourth-order valence-electron chi connectivity index (χ4n) is 2.34. The second-order valence-corrected chi connectivity index (χ2v) is 5.37. The zero-order chi connectivity index (χ0) is 17.7. The minimum Gasteiger partial charge on any atom is -0.407 e. The van der Waals surface area contributed by atoms with Gasteiger partial charge >= 0.3 is 0 Å². The summed E-state index contributed by atoms with van der Waals surface area (Å²) in [7, 11) is 0. The molecule has 3 aromatic rings. The number of benzene rings is 3. The van der Waals surface area contributed by atoms with Gasteiger partial charge in [-0.2, -0.15) is 0 Å². The van der Waals surface area contributed by atoms with Gasteiger partial charge in [-0.25, -0.2) is 8.78 Å². The fourth-order valence-corrected chi connectivity index (χ4v) is 2.34. The molecule has 0 bridgehead atoms. The molecule has 0 aliphatic heterocycles. The second kappa shape index (κ2) is 7.16. The molecule has 3 aromatic carbocycles. The Kier molecular flexibility index (Phi) is 4.78. The maximum absolute atomic E-state index is 13.2. The molecule has 2 nitrogen and oxygen atoms in total. The van der Waals surface area contributed by atoms with Gasteiger partial charge in [0.25, 0.3) is 0 Å². The van der Waals surface area contributed by atoms with Gasteiger partial charge in [-0.05, 0) is 42.3 Å². The Hall–Kier alpha value is -3.16. The first-order valence-corrected chi connectivity index (χ1v) is 7.56. The highest BCUT2D eigenvalue weighted by Gasteiger charge is 2.30. The third-order valence-electron chi connectivity index (χ3n) is 3.67. The molecule has 0 saturated carbocycles. The molecule has 0 unspecified atom stereocenters. The molecule has 1 N–H and O–H groups in total. The van der Waals surface area contributed by atoms with Gasteiger partial charge in [0.1, 0.15) is 23.5 Å². The predicted molar refractivity (Wildman–Crippen MR) is 90.6 cm³/mol. The van der Waals surface area contributed by atoms with E-state index in [1.165, 1.54) is 48.5 Å². The second-order valence-electron chi connectivity index (χ2n) is 5.37. The van der Waals surface area contributed by atoms with Gasteiger partial charge in [0, 0.05) is 11.1 Å². The van der Waals surface area contributed by atoms with Crippen molar-refractivity contribution in [2.75, 3.05) is 0 Å². The van der Waals surface area contributed by atoms with Crippen molar-refractivity contribution in [1.82, 2.24) is 0 Å². The zero-order valence-electron chi connectivity index (χ0n) is 13.1. The highest BCUT2D eigenvalue weighted by atomic mass is 19.1. The maximum Gasteiger partial charge on any atom is 0.180 e. The van der Waals surface area contributed by atoms with Crippen molar-refractivity contribution in [3.05, 3.63) is 102 Å². The summed E-state index contributed by atoms with van der Waals surface area (Å²) in [5, 5.41) is 11.1. The molecule has 0 radical (unpaired) electrons. The summed E-state index contributed by atoms with van der Waals surface area (Å²) in [6.07, 6.45) is 2.48. The van der Waals surface area contributed by atoms with Crippen LogP contribution in [0.25, 0.3) is 0 Å². The lowest BCUT2D eigenvalue weighted by Gasteiger charge is -2.23. The van der Waals surface area contributed by atoms with Crippen LogP contribution in [0.15, 0.2) is 78.9 Å². The van der Waals surface area contributed by atoms with Gasteiger partial charge in [-0.1, -0.05) is 42.5 Å². The number of rotatable bonds is 3. The third kappa shape index (κ3) is 3.85. The van der Waals surface area contributed by atoms with Crippen molar-refractivity contribution in [3.8, 4) is 17.8 Å². The van der Waals surface area contributed by atoms with Gasteiger partial charge in [0.05, 0.1) is 0 Å². The molecule has 4 heteroatoms. The van der Waals surface area contributed by atoms with Crippen LogP contribution in [0.3, 0.4) is 0 Å². The van der Waals surface area contributed by atoms with Crippen molar-refractivity contribution in [3.63, 3.8) is 0 Å². The van der Waals surface area contributed by atoms with E-state index in [0.717, 1.165) is 0 Å². The summed E-state index contributed by atoms with van der Waals surface area (Å²) < 4.78 is 31.7. The SMILES string of the molecule is OC(C#COc1ccccc1)(c1ccc(F)cc1)c1ccc(F)cc1. The van der Waals surface area contributed by atoms with E-state index < -0.39 is 17.2 Å². The number of ether oxygens (including phenoxy) is 1. The minimum atomic E-state index is -1.77. The quantitative estimate of drug-likeness (QED) is 0.725. The molecule has 25 heavy (non-hydrogen) atoms. The van der Waals surface area contributed by atoms with Crippen LogP contribution in [0.5, 0.6) is 5.75 Å². The molecular formula is C21H14F2O2. The lowest BCUT2D eigenvalue weighted by atomic mass is 9.87. The van der Waals surface area contributed by atoms with Crippen LogP contribution in [0.1, 0.15) is 11.1 Å². The standard InChI is InChI=1S/C21H14F2O2/c22-18-10-6-16(7-11-18)21(24,17-8-12-19(23)13-9-17)14-15-25-20-4-2-1-3-5-20/h1-13,24H. The molecule has 0 spiro atoms. The summed E-state index contributed by atoms with van der Waals surface area (Å²) in [5.74, 6) is 2.31. The number of para-hydroxylation sites is 1. The highest BCUT2D eigenvalue weighted by molar-refractivity contribution is 5.44. The molecule has 124 valence electrons. The third-order valence-corrected chi connectivity index (χ3v) is 3.67. The Morgan fingerprint density at radius 2 is 1.20 bits per heavy atom. The van der Waals surface area contributed by atoms with Crippen LogP contribution in [-0.4, -0.2) is 5.11 Å². The Balaban J connectivity index is 2.00. The van der Waals surface area contributed by atoms with Crippen LogP contribution in [0.2, 0.25) is 0 Å².